The smallest absolute Gasteiger partial charge is 0.191 e. The molecule has 6 nitrogen and oxygen atoms in total. The highest BCUT2D eigenvalue weighted by atomic mass is 32.1. The molecule has 0 aliphatic heterocycles. The van der Waals surface area contributed by atoms with Crippen LogP contribution < -0.4 is 25.0 Å². The maximum absolute atomic E-state index is 5.51. The molecular weight excluding hydrogens is 350 g/mol. The Kier molecular flexibility index (Phi) is 7.45. The Hall–Kier alpha value is -3.06. The fourth-order valence-corrected chi connectivity index (χ4v) is 2.20. The lowest BCUT2D eigenvalue weighted by Crippen LogP contribution is -2.23. The number of anilines is 1. The van der Waals surface area contributed by atoms with Crippen molar-refractivity contribution in [3.63, 3.8) is 0 Å². The van der Waals surface area contributed by atoms with Crippen LogP contribution in [0.3, 0.4) is 0 Å². The molecule has 2 aromatic rings. The molecule has 0 saturated heterocycles. The van der Waals surface area contributed by atoms with E-state index in [-0.39, 0.29) is 0 Å². The standard InChI is InChI=1S/C19H21N3O3S/c1-4-11-25-17-10-5-14(12-18(17)24-3)13-20-22-19(26)21-15-6-8-16(23-2)9-7-15/h4-10,12-13H,1,11H2,2-3H3,(H2,21,22,26)/b20-13-. The lowest BCUT2D eigenvalue weighted by molar-refractivity contribution is 0.326. The van der Waals surface area contributed by atoms with Crippen LogP contribution in [0.4, 0.5) is 5.69 Å². The Labute approximate surface area is 158 Å². The van der Waals surface area contributed by atoms with Crippen LogP contribution in [0.5, 0.6) is 17.2 Å². The summed E-state index contributed by atoms with van der Waals surface area (Å²) in [5.41, 5.74) is 4.45. The van der Waals surface area contributed by atoms with Crippen LogP contribution in [0.25, 0.3) is 0 Å². The molecule has 0 aromatic heterocycles. The van der Waals surface area contributed by atoms with E-state index in [1.807, 2.05) is 42.5 Å². The molecule has 0 saturated carbocycles. The summed E-state index contributed by atoms with van der Waals surface area (Å²) >= 11 is 5.21. The zero-order valence-electron chi connectivity index (χ0n) is 14.7. The number of benzene rings is 2. The van der Waals surface area contributed by atoms with Crippen LogP contribution in [0.15, 0.2) is 60.2 Å². The van der Waals surface area contributed by atoms with Gasteiger partial charge < -0.3 is 19.5 Å². The Bertz CT molecular complexity index is 776. The quantitative estimate of drug-likeness (QED) is 0.320. The van der Waals surface area contributed by atoms with Crippen molar-refractivity contribution < 1.29 is 14.2 Å². The highest BCUT2D eigenvalue weighted by Crippen LogP contribution is 2.27. The summed E-state index contributed by atoms with van der Waals surface area (Å²) in [4.78, 5) is 0. The van der Waals surface area contributed by atoms with E-state index < -0.39 is 0 Å². The van der Waals surface area contributed by atoms with Gasteiger partial charge in [0.2, 0.25) is 0 Å². The average Bonchev–Trinajstić information content (AvgIpc) is 2.67. The van der Waals surface area contributed by atoms with Crippen molar-refractivity contribution in [2.24, 2.45) is 5.10 Å². The minimum absolute atomic E-state index is 0.379. The Morgan fingerprint density at radius 1 is 1.12 bits per heavy atom. The largest absolute Gasteiger partial charge is 0.497 e. The highest BCUT2D eigenvalue weighted by Gasteiger charge is 2.04. The van der Waals surface area contributed by atoms with Gasteiger partial charge in [-0.2, -0.15) is 5.10 Å². The minimum Gasteiger partial charge on any atom is -0.497 e. The second kappa shape index (κ2) is 10.0. The molecule has 2 N–H and O–H groups in total. The maximum Gasteiger partial charge on any atom is 0.191 e. The number of hydrogen-bond donors (Lipinski definition) is 2. The zero-order chi connectivity index (χ0) is 18.8. The van der Waals surface area contributed by atoms with Crippen molar-refractivity contribution in [2.75, 3.05) is 26.1 Å². The molecule has 0 aliphatic carbocycles. The average molecular weight is 371 g/mol. The van der Waals surface area contributed by atoms with Gasteiger partial charge in [-0.3, -0.25) is 5.43 Å². The molecule has 0 heterocycles. The summed E-state index contributed by atoms with van der Waals surface area (Å²) in [5.74, 6) is 2.05. The molecule has 2 rings (SSSR count). The van der Waals surface area contributed by atoms with Crippen molar-refractivity contribution in [3.8, 4) is 17.2 Å². The summed E-state index contributed by atoms with van der Waals surface area (Å²) in [7, 11) is 3.21. The number of methoxy groups -OCH3 is 2. The predicted molar refractivity (Wildman–Crippen MR) is 109 cm³/mol. The summed E-state index contributed by atoms with van der Waals surface area (Å²) in [6.07, 6.45) is 3.32. The minimum atomic E-state index is 0.379. The van der Waals surface area contributed by atoms with Crippen molar-refractivity contribution in [2.45, 2.75) is 0 Å². The van der Waals surface area contributed by atoms with Gasteiger partial charge in [0.1, 0.15) is 12.4 Å². The second-order valence-corrected chi connectivity index (χ2v) is 5.47. The molecule has 7 heteroatoms. The molecular formula is C19H21N3O3S. The lowest BCUT2D eigenvalue weighted by Gasteiger charge is -2.10. The fourth-order valence-electron chi connectivity index (χ4n) is 2.03. The number of hydrazone groups is 1. The molecule has 136 valence electrons. The van der Waals surface area contributed by atoms with Crippen LogP contribution >= 0.6 is 12.2 Å². The van der Waals surface area contributed by atoms with Crippen molar-refractivity contribution in [1.29, 1.82) is 0 Å². The molecule has 0 fully saturated rings. The van der Waals surface area contributed by atoms with Gasteiger partial charge in [0, 0.05) is 5.69 Å². The van der Waals surface area contributed by atoms with Gasteiger partial charge in [0.25, 0.3) is 0 Å². The van der Waals surface area contributed by atoms with Gasteiger partial charge in [0.05, 0.1) is 20.4 Å². The maximum atomic E-state index is 5.51. The van der Waals surface area contributed by atoms with Gasteiger partial charge in [-0.1, -0.05) is 12.7 Å². The fraction of sp³-hybridized carbons (Fsp3) is 0.158. The molecule has 0 aliphatic rings. The van der Waals surface area contributed by atoms with E-state index in [0.717, 1.165) is 17.0 Å². The lowest BCUT2D eigenvalue weighted by atomic mass is 10.2. The Morgan fingerprint density at radius 3 is 2.54 bits per heavy atom. The molecule has 26 heavy (non-hydrogen) atoms. The van der Waals surface area contributed by atoms with Gasteiger partial charge in [-0.15, -0.1) is 0 Å². The normalized spacial score (nSPS) is 10.2. The molecule has 0 atom stereocenters. The molecule has 0 spiro atoms. The van der Waals surface area contributed by atoms with E-state index in [1.54, 1.807) is 26.5 Å². The van der Waals surface area contributed by atoms with Crippen molar-refractivity contribution in [3.05, 3.63) is 60.7 Å². The van der Waals surface area contributed by atoms with Crippen LogP contribution in [-0.4, -0.2) is 32.2 Å². The van der Waals surface area contributed by atoms with Crippen LogP contribution in [0.1, 0.15) is 5.56 Å². The monoisotopic (exact) mass is 371 g/mol. The predicted octanol–water partition coefficient (Wildman–Crippen LogP) is 3.59. The zero-order valence-corrected chi connectivity index (χ0v) is 15.5. The summed E-state index contributed by atoms with van der Waals surface area (Å²) in [6, 6.07) is 12.9. The van der Waals surface area contributed by atoms with Crippen LogP contribution in [-0.2, 0) is 0 Å². The number of rotatable bonds is 8. The van der Waals surface area contributed by atoms with Crippen molar-refractivity contribution >= 4 is 29.2 Å². The number of hydrogen-bond acceptors (Lipinski definition) is 5. The first-order valence-corrected chi connectivity index (χ1v) is 8.23. The second-order valence-electron chi connectivity index (χ2n) is 5.06. The first-order valence-electron chi connectivity index (χ1n) is 7.82. The van der Waals surface area contributed by atoms with Gasteiger partial charge in [0.15, 0.2) is 16.6 Å². The van der Waals surface area contributed by atoms with Gasteiger partial charge in [-0.05, 0) is 60.2 Å². The summed E-state index contributed by atoms with van der Waals surface area (Å²) in [5, 5.41) is 7.53. The third-order valence-corrected chi connectivity index (χ3v) is 3.47. The Balaban J connectivity index is 1.92. The summed E-state index contributed by atoms with van der Waals surface area (Å²) in [6.45, 7) is 4.04. The number of thiocarbonyl (C=S) groups is 1. The summed E-state index contributed by atoms with van der Waals surface area (Å²) < 4.78 is 15.9. The molecule has 0 amide bonds. The number of ether oxygens (including phenoxy) is 3. The van der Waals surface area contributed by atoms with E-state index in [1.165, 1.54) is 0 Å². The van der Waals surface area contributed by atoms with E-state index >= 15 is 0 Å². The first-order chi connectivity index (χ1) is 12.7. The Morgan fingerprint density at radius 2 is 1.88 bits per heavy atom. The van der Waals surface area contributed by atoms with Crippen molar-refractivity contribution in [1.82, 2.24) is 5.43 Å². The van der Waals surface area contributed by atoms with Gasteiger partial charge >= 0.3 is 0 Å². The number of nitrogens with one attached hydrogen (secondary N) is 2. The number of nitrogens with zero attached hydrogens (tertiary/aromatic N) is 1. The topological polar surface area (TPSA) is 64.1 Å². The molecule has 0 unspecified atom stereocenters. The van der Waals surface area contributed by atoms with E-state index in [2.05, 4.69) is 22.4 Å². The molecule has 0 radical (unpaired) electrons. The third-order valence-electron chi connectivity index (χ3n) is 3.27. The third kappa shape index (κ3) is 5.78. The molecule has 2 aromatic carbocycles. The van der Waals surface area contributed by atoms with E-state index in [4.69, 9.17) is 26.4 Å². The van der Waals surface area contributed by atoms with E-state index in [0.29, 0.717) is 23.2 Å². The van der Waals surface area contributed by atoms with Crippen LogP contribution in [0.2, 0.25) is 0 Å². The molecule has 0 bridgehead atoms. The first kappa shape index (κ1) is 19.3. The van der Waals surface area contributed by atoms with Crippen LogP contribution in [0, 0.1) is 0 Å². The highest BCUT2D eigenvalue weighted by molar-refractivity contribution is 7.80. The SMILES string of the molecule is C=CCOc1ccc(/C=N\NC(=S)Nc2ccc(OC)cc2)cc1OC. The van der Waals surface area contributed by atoms with Gasteiger partial charge in [-0.25, -0.2) is 0 Å². The van der Waals surface area contributed by atoms with E-state index in [9.17, 15) is 0 Å².